The van der Waals surface area contributed by atoms with Crippen LogP contribution in [0.5, 0.6) is 0 Å². The van der Waals surface area contributed by atoms with Crippen molar-refractivity contribution in [3.05, 3.63) is 70.7 Å². The summed E-state index contributed by atoms with van der Waals surface area (Å²) in [7, 11) is 2.67. The zero-order chi connectivity index (χ0) is 30.2. The fraction of sp³-hybridized carbons (Fsp3) is 0.438. The molecule has 1 aliphatic heterocycles. The van der Waals surface area contributed by atoms with E-state index in [-0.39, 0.29) is 0 Å². The summed E-state index contributed by atoms with van der Waals surface area (Å²) in [6.07, 6.45) is 6.16. The van der Waals surface area contributed by atoms with Gasteiger partial charge >= 0.3 is 0 Å². The number of nitrogens with zero attached hydrogens (tertiary/aromatic N) is 5. The highest BCUT2D eigenvalue weighted by Crippen LogP contribution is 2.28. The first kappa shape index (κ1) is 31.5. The van der Waals surface area contributed by atoms with Crippen LogP contribution in [0.15, 0.2) is 59.6 Å². The van der Waals surface area contributed by atoms with Crippen molar-refractivity contribution in [2.24, 2.45) is 11.5 Å². The fourth-order valence-electron chi connectivity index (χ4n) is 5.21. The lowest BCUT2D eigenvalue weighted by Crippen LogP contribution is -2.49. The molecule has 0 radical (unpaired) electrons. The van der Waals surface area contributed by atoms with Gasteiger partial charge in [0.15, 0.2) is 0 Å². The lowest BCUT2D eigenvalue weighted by molar-refractivity contribution is 0.209. The summed E-state index contributed by atoms with van der Waals surface area (Å²) < 4.78 is 0. The van der Waals surface area contributed by atoms with Crippen molar-refractivity contribution >= 4 is 42.9 Å². The Balaban J connectivity index is 0.000000952. The molecule has 2 aliphatic rings. The third-order valence-electron chi connectivity index (χ3n) is 7.87. The molecule has 2 aromatic heterocycles. The molecule has 9 nitrogen and oxygen atoms in total. The number of hydrogen-bond acceptors (Lipinski definition) is 9. The van der Waals surface area contributed by atoms with Gasteiger partial charge < -0.3 is 21.7 Å². The van der Waals surface area contributed by atoms with Crippen LogP contribution in [0.3, 0.4) is 0 Å². The van der Waals surface area contributed by atoms with Crippen molar-refractivity contribution in [2.45, 2.75) is 59.5 Å². The summed E-state index contributed by atoms with van der Waals surface area (Å²) in [5, 5.41) is 13.7. The number of nitrogens with two attached hydrogens (primary N) is 2. The van der Waals surface area contributed by atoms with Crippen LogP contribution in [0.25, 0.3) is 10.9 Å². The standard InChI is InChI=1S/C29H37N8P.C3H9N/c1-18(2)36-10-12-37(13-11-36)28-22(15-20-6-4-5-7-24(20)35-28)16-32-27-25(29(38)34-17-33-27)26(31)21-8-9-23(30)19(3)14-21;1-2-3-4/h4-7,14-15,17-18,31H,8-13,16,30,38H2,1-3H3,(H,32,33,34);2-4H2,1H3. The maximum atomic E-state index is 9.02. The Morgan fingerprint density at radius 2 is 1.83 bits per heavy atom. The summed E-state index contributed by atoms with van der Waals surface area (Å²) in [6, 6.07) is 11.0. The van der Waals surface area contributed by atoms with E-state index in [9.17, 15) is 0 Å². The van der Waals surface area contributed by atoms with Gasteiger partial charge in [-0.15, -0.1) is 0 Å². The van der Waals surface area contributed by atoms with E-state index in [0.29, 0.717) is 35.1 Å². The summed E-state index contributed by atoms with van der Waals surface area (Å²) in [6.45, 7) is 13.9. The highest BCUT2D eigenvalue weighted by Gasteiger charge is 2.24. The maximum Gasteiger partial charge on any atom is 0.139 e. The molecule has 3 aromatic rings. The number of aromatic nitrogens is 3. The largest absolute Gasteiger partial charge is 0.402 e. The minimum Gasteiger partial charge on any atom is -0.402 e. The van der Waals surface area contributed by atoms with E-state index in [1.54, 1.807) is 6.33 Å². The van der Waals surface area contributed by atoms with E-state index >= 15 is 0 Å². The minimum absolute atomic E-state index is 0.437. The number of rotatable bonds is 8. The Bertz CT molecular complexity index is 1450. The first-order valence-corrected chi connectivity index (χ1v) is 15.5. The number of fused-ring (bicyclic) bond motifs is 1. The van der Waals surface area contributed by atoms with Crippen molar-refractivity contribution in [1.82, 2.24) is 19.9 Å². The molecule has 1 saturated heterocycles. The molecular formula is C32H46N9P. The number of pyridine rings is 1. The van der Waals surface area contributed by atoms with Crippen LogP contribution in [-0.2, 0) is 6.54 Å². The van der Waals surface area contributed by atoms with Gasteiger partial charge in [0.2, 0.25) is 0 Å². The molecule has 224 valence electrons. The highest BCUT2D eigenvalue weighted by atomic mass is 31.0. The van der Waals surface area contributed by atoms with E-state index in [0.717, 1.165) is 91.1 Å². The molecule has 1 unspecified atom stereocenters. The fourth-order valence-corrected chi connectivity index (χ4v) is 5.56. The number of piperazine rings is 1. The number of para-hydroxylation sites is 1. The molecule has 1 aliphatic carbocycles. The highest BCUT2D eigenvalue weighted by molar-refractivity contribution is 7.27. The second kappa shape index (κ2) is 14.7. The van der Waals surface area contributed by atoms with Crippen molar-refractivity contribution in [2.75, 3.05) is 42.9 Å². The van der Waals surface area contributed by atoms with Crippen LogP contribution in [0.1, 0.15) is 58.1 Å². The van der Waals surface area contributed by atoms with Crippen molar-refractivity contribution < 1.29 is 0 Å². The van der Waals surface area contributed by atoms with E-state index in [4.69, 9.17) is 21.9 Å². The Kier molecular flexibility index (Phi) is 11.0. The molecule has 10 heteroatoms. The van der Waals surface area contributed by atoms with Gasteiger partial charge in [0.25, 0.3) is 0 Å². The smallest absolute Gasteiger partial charge is 0.139 e. The molecule has 1 fully saturated rings. The molecule has 0 saturated carbocycles. The molecule has 5 rings (SSSR count). The van der Waals surface area contributed by atoms with Gasteiger partial charge in [0.1, 0.15) is 18.0 Å². The van der Waals surface area contributed by atoms with Crippen LogP contribution < -0.4 is 27.1 Å². The van der Waals surface area contributed by atoms with Gasteiger partial charge in [-0.25, -0.2) is 15.0 Å². The van der Waals surface area contributed by atoms with Gasteiger partial charge in [-0.05, 0) is 69.9 Å². The SMILES string of the molecule is CC1=C(N)CCC(C(=N)c2c(P)ncnc2NCc2cc3ccccc3nc2N2CCN(C(C)C)CC2)=C1.CCCN. The van der Waals surface area contributed by atoms with Crippen LogP contribution in [0.4, 0.5) is 11.6 Å². The number of anilines is 2. The van der Waals surface area contributed by atoms with Crippen molar-refractivity contribution in [3.8, 4) is 0 Å². The van der Waals surface area contributed by atoms with Crippen LogP contribution >= 0.6 is 9.24 Å². The summed E-state index contributed by atoms with van der Waals surface area (Å²) in [4.78, 5) is 19.0. The average Bonchev–Trinajstić information content (AvgIpc) is 3.00. The maximum absolute atomic E-state index is 9.02. The molecule has 42 heavy (non-hydrogen) atoms. The van der Waals surface area contributed by atoms with Crippen LogP contribution in [0, 0.1) is 5.41 Å². The second-order valence-electron chi connectivity index (χ2n) is 11.2. The summed E-state index contributed by atoms with van der Waals surface area (Å²) in [5.41, 5.74) is 18.0. The predicted octanol–water partition coefficient (Wildman–Crippen LogP) is 4.34. The lowest BCUT2D eigenvalue weighted by Gasteiger charge is -2.38. The number of nitrogens with one attached hydrogen (secondary N) is 2. The predicted molar refractivity (Wildman–Crippen MR) is 180 cm³/mol. The molecule has 0 bridgehead atoms. The Labute approximate surface area is 252 Å². The van der Waals surface area contributed by atoms with E-state index in [2.05, 4.69) is 73.3 Å². The normalized spacial score (nSPS) is 15.9. The zero-order valence-electron chi connectivity index (χ0n) is 25.5. The number of benzene rings is 1. The topological polar surface area (TPSA) is 133 Å². The molecule has 0 amide bonds. The van der Waals surface area contributed by atoms with Gasteiger partial charge in [-0.2, -0.15) is 0 Å². The molecule has 1 aromatic carbocycles. The molecular weight excluding hydrogens is 541 g/mol. The first-order chi connectivity index (χ1) is 20.2. The van der Waals surface area contributed by atoms with E-state index < -0.39 is 0 Å². The van der Waals surface area contributed by atoms with E-state index in [1.807, 2.05) is 25.1 Å². The van der Waals surface area contributed by atoms with Crippen LogP contribution in [0.2, 0.25) is 0 Å². The molecule has 1 atom stereocenters. The quantitative estimate of drug-likeness (QED) is 0.226. The van der Waals surface area contributed by atoms with Gasteiger partial charge in [0.05, 0.1) is 22.2 Å². The summed E-state index contributed by atoms with van der Waals surface area (Å²) in [5.74, 6) is 1.67. The van der Waals surface area contributed by atoms with Gasteiger partial charge in [0, 0.05) is 55.4 Å². The van der Waals surface area contributed by atoms with Crippen LogP contribution in [-0.4, -0.2) is 64.3 Å². The molecule has 3 heterocycles. The average molecular weight is 588 g/mol. The lowest BCUT2D eigenvalue weighted by atomic mass is 9.92. The van der Waals surface area contributed by atoms with Gasteiger partial charge in [-0.3, -0.25) is 10.3 Å². The van der Waals surface area contributed by atoms with Gasteiger partial charge in [-0.1, -0.05) is 40.4 Å². The Morgan fingerprint density at radius 3 is 2.50 bits per heavy atom. The van der Waals surface area contributed by atoms with Crippen molar-refractivity contribution in [3.63, 3.8) is 0 Å². The monoisotopic (exact) mass is 587 g/mol. The third kappa shape index (κ3) is 7.51. The Morgan fingerprint density at radius 1 is 1.12 bits per heavy atom. The third-order valence-corrected chi connectivity index (χ3v) is 8.31. The first-order valence-electron chi connectivity index (χ1n) is 14.9. The number of allylic oxidation sites excluding steroid dienone is 4. The number of hydrogen-bond donors (Lipinski definition) is 4. The minimum atomic E-state index is 0.437. The van der Waals surface area contributed by atoms with E-state index in [1.165, 1.54) is 0 Å². The molecule has 6 N–H and O–H groups in total. The molecule has 0 spiro atoms. The Hall–Kier alpha value is -3.39. The van der Waals surface area contributed by atoms with Crippen molar-refractivity contribution in [1.29, 1.82) is 5.41 Å². The zero-order valence-corrected chi connectivity index (χ0v) is 26.6. The second-order valence-corrected chi connectivity index (χ2v) is 11.7. The summed E-state index contributed by atoms with van der Waals surface area (Å²) >= 11 is 0.